The van der Waals surface area contributed by atoms with E-state index in [1.807, 2.05) is 48.5 Å². The number of fused-ring (bicyclic) bond motifs is 1. The molecule has 1 amide bonds. The van der Waals surface area contributed by atoms with Gasteiger partial charge in [-0.1, -0.05) is 69.5 Å². The molecule has 0 aliphatic rings. The van der Waals surface area contributed by atoms with Gasteiger partial charge in [0.15, 0.2) is 0 Å². The average molecular weight is 472 g/mol. The summed E-state index contributed by atoms with van der Waals surface area (Å²) in [7, 11) is 0. The molecular weight excluding hydrogens is 459 g/mol. The molecule has 0 saturated heterocycles. The lowest BCUT2D eigenvalue weighted by atomic mass is 10.0. The number of aromatic nitrogens is 1. The van der Waals surface area contributed by atoms with Gasteiger partial charge < -0.3 is 5.32 Å². The zero-order valence-electron chi connectivity index (χ0n) is 14.4. The van der Waals surface area contributed by atoms with Crippen LogP contribution in [0.5, 0.6) is 0 Å². The highest BCUT2D eigenvalue weighted by Crippen LogP contribution is 2.28. The summed E-state index contributed by atoms with van der Waals surface area (Å²) in [6.07, 6.45) is 0. The fraction of sp³-hybridized carbons (Fsp3) is 0. The lowest BCUT2D eigenvalue weighted by molar-refractivity contribution is 0.102. The molecule has 0 bridgehead atoms. The van der Waals surface area contributed by atoms with Crippen LogP contribution in [0.2, 0.25) is 10.0 Å². The average Bonchev–Trinajstić information content (AvgIpc) is 2.67. The number of anilines is 1. The summed E-state index contributed by atoms with van der Waals surface area (Å²) < 4.78 is 0.979. The minimum absolute atomic E-state index is 0.254. The predicted octanol–water partition coefficient (Wildman–Crippen LogP) is 7.22. The highest BCUT2D eigenvalue weighted by atomic mass is 79.9. The third-order valence-corrected chi connectivity index (χ3v) is 5.19. The third kappa shape index (κ3) is 4.04. The summed E-state index contributed by atoms with van der Waals surface area (Å²) in [6, 6.07) is 22.1. The number of carbonyl (C=O) groups is 1. The van der Waals surface area contributed by atoms with Gasteiger partial charge in [-0.2, -0.15) is 0 Å². The molecule has 3 aromatic carbocycles. The van der Waals surface area contributed by atoms with Crippen LogP contribution in [0.3, 0.4) is 0 Å². The Balaban J connectivity index is 1.80. The lowest BCUT2D eigenvalue weighted by Gasteiger charge is -2.11. The van der Waals surface area contributed by atoms with E-state index in [9.17, 15) is 4.79 Å². The minimum Gasteiger partial charge on any atom is -0.322 e. The smallest absolute Gasteiger partial charge is 0.256 e. The predicted molar refractivity (Wildman–Crippen MR) is 119 cm³/mol. The Labute approximate surface area is 180 Å². The first-order valence-electron chi connectivity index (χ1n) is 8.43. The second-order valence-electron chi connectivity index (χ2n) is 6.19. The Hall–Kier alpha value is -2.40. The molecule has 0 unspecified atom stereocenters. The maximum atomic E-state index is 13.1. The van der Waals surface area contributed by atoms with Crippen molar-refractivity contribution in [2.45, 2.75) is 0 Å². The first kappa shape index (κ1) is 18.9. The minimum atomic E-state index is -0.254. The van der Waals surface area contributed by atoms with Gasteiger partial charge in [-0.15, -0.1) is 0 Å². The number of para-hydroxylation sites is 1. The number of amides is 1. The zero-order valence-corrected chi connectivity index (χ0v) is 17.5. The van der Waals surface area contributed by atoms with Gasteiger partial charge >= 0.3 is 0 Å². The zero-order chi connectivity index (χ0) is 19.7. The lowest BCUT2D eigenvalue weighted by Crippen LogP contribution is -2.13. The maximum Gasteiger partial charge on any atom is 0.256 e. The largest absolute Gasteiger partial charge is 0.322 e. The Morgan fingerprint density at radius 1 is 0.893 bits per heavy atom. The molecule has 28 heavy (non-hydrogen) atoms. The summed E-state index contributed by atoms with van der Waals surface area (Å²) in [5.74, 6) is -0.254. The van der Waals surface area contributed by atoms with Crippen molar-refractivity contribution in [1.82, 2.24) is 4.98 Å². The van der Waals surface area contributed by atoms with Crippen molar-refractivity contribution in [2.75, 3.05) is 5.32 Å². The van der Waals surface area contributed by atoms with Crippen molar-refractivity contribution in [2.24, 2.45) is 0 Å². The molecular formula is C22H13BrCl2N2O. The molecule has 0 aliphatic heterocycles. The van der Waals surface area contributed by atoms with Gasteiger partial charge in [0.1, 0.15) is 0 Å². The molecule has 6 heteroatoms. The van der Waals surface area contributed by atoms with E-state index < -0.39 is 0 Å². The van der Waals surface area contributed by atoms with E-state index >= 15 is 0 Å². The fourth-order valence-corrected chi connectivity index (χ4v) is 3.75. The van der Waals surface area contributed by atoms with Crippen LogP contribution >= 0.6 is 39.1 Å². The van der Waals surface area contributed by atoms with Crippen molar-refractivity contribution in [1.29, 1.82) is 0 Å². The number of halogens is 3. The molecule has 0 spiro atoms. The van der Waals surface area contributed by atoms with Crippen molar-refractivity contribution < 1.29 is 4.79 Å². The molecule has 4 rings (SSSR count). The molecule has 0 atom stereocenters. The highest BCUT2D eigenvalue weighted by molar-refractivity contribution is 9.10. The van der Waals surface area contributed by atoms with Gasteiger partial charge in [-0.05, 0) is 42.5 Å². The second-order valence-corrected chi connectivity index (χ2v) is 7.98. The topological polar surface area (TPSA) is 42.0 Å². The first-order valence-corrected chi connectivity index (χ1v) is 9.98. The van der Waals surface area contributed by atoms with Crippen LogP contribution in [0.15, 0.2) is 77.3 Å². The second kappa shape index (κ2) is 7.92. The van der Waals surface area contributed by atoms with Crippen LogP contribution in [-0.4, -0.2) is 10.9 Å². The standard InChI is InChI=1S/C22H13BrCl2N2O/c23-14-7-5-13(6-8-14)21-12-19(18-3-1-2-4-20(18)27-21)22(28)26-17-10-15(24)9-16(25)11-17/h1-12H,(H,26,28). The number of nitrogens with one attached hydrogen (secondary N) is 1. The number of hydrogen-bond donors (Lipinski definition) is 1. The summed E-state index contributed by atoms with van der Waals surface area (Å²) in [5.41, 5.74) is 3.46. The number of nitrogens with zero attached hydrogens (tertiary/aromatic N) is 1. The van der Waals surface area contributed by atoms with Crippen LogP contribution in [0.1, 0.15) is 10.4 Å². The van der Waals surface area contributed by atoms with Crippen LogP contribution < -0.4 is 5.32 Å². The van der Waals surface area contributed by atoms with Gasteiger partial charge in [0.2, 0.25) is 0 Å². The first-order chi connectivity index (χ1) is 13.5. The summed E-state index contributed by atoms with van der Waals surface area (Å²) >= 11 is 15.5. The number of rotatable bonds is 3. The van der Waals surface area contributed by atoms with Crippen LogP contribution in [0.4, 0.5) is 5.69 Å². The molecule has 0 fully saturated rings. The number of pyridine rings is 1. The summed E-state index contributed by atoms with van der Waals surface area (Å²) in [6.45, 7) is 0. The van der Waals surface area contributed by atoms with E-state index in [-0.39, 0.29) is 5.91 Å². The molecule has 0 radical (unpaired) electrons. The van der Waals surface area contributed by atoms with Gasteiger partial charge in [0.25, 0.3) is 5.91 Å². The monoisotopic (exact) mass is 470 g/mol. The Morgan fingerprint density at radius 3 is 2.29 bits per heavy atom. The van der Waals surface area contributed by atoms with Crippen molar-refractivity contribution in [3.63, 3.8) is 0 Å². The molecule has 138 valence electrons. The highest BCUT2D eigenvalue weighted by Gasteiger charge is 2.15. The number of carbonyl (C=O) groups excluding carboxylic acids is 1. The van der Waals surface area contributed by atoms with Gasteiger partial charge in [0.05, 0.1) is 16.8 Å². The van der Waals surface area contributed by atoms with Gasteiger partial charge in [-0.3, -0.25) is 4.79 Å². The van der Waals surface area contributed by atoms with Crippen LogP contribution in [-0.2, 0) is 0 Å². The quantitative estimate of drug-likeness (QED) is 0.342. The Kier molecular flexibility index (Phi) is 5.36. The van der Waals surface area contributed by atoms with Crippen LogP contribution in [0, 0.1) is 0 Å². The van der Waals surface area contributed by atoms with E-state index in [1.54, 1.807) is 24.3 Å². The summed E-state index contributed by atoms with van der Waals surface area (Å²) in [4.78, 5) is 17.8. The van der Waals surface area contributed by atoms with Crippen LogP contribution in [0.25, 0.3) is 22.2 Å². The molecule has 1 heterocycles. The van der Waals surface area contributed by atoms with E-state index in [2.05, 4.69) is 21.2 Å². The number of hydrogen-bond acceptors (Lipinski definition) is 2. The fourth-order valence-electron chi connectivity index (χ4n) is 2.96. The normalized spacial score (nSPS) is 10.8. The van der Waals surface area contributed by atoms with E-state index in [1.165, 1.54) is 0 Å². The van der Waals surface area contributed by atoms with Crippen molar-refractivity contribution in [3.8, 4) is 11.3 Å². The molecule has 0 saturated carbocycles. The molecule has 4 aromatic rings. The Bertz CT molecular complexity index is 1170. The maximum absolute atomic E-state index is 13.1. The molecule has 3 nitrogen and oxygen atoms in total. The molecule has 0 aliphatic carbocycles. The SMILES string of the molecule is O=C(Nc1cc(Cl)cc(Cl)c1)c1cc(-c2ccc(Br)cc2)nc2ccccc12. The van der Waals surface area contributed by atoms with E-state index in [0.29, 0.717) is 21.3 Å². The van der Waals surface area contributed by atoms with Gasteiger partial charge in [0, 0.05) is 31.2 Å². The van der Waals surface area contributed by atoms with E-state index in [4.69, 9.17) is 28.2 Å². The summed E-state index contributed by atoms with van der Waals surface area (Å²) in [5, 5.41) is 4.56. The number of benzene rings is 3. The Morgan fingerprint density at radius 2 is 1.57 bits per heavy atom. The van der Waals surface area contributed by atoms with Crippen molar-refractivity contribution >= 4 is 61.6 Å². The molecule has 1 N–H and O–H groups in total. The molecule has 1 aromatic heterocycles. The van der Waals surface area contributed by atoms with Crippen molar-refractivity contribution in [3.05, 3.63) is 92.9 Å². The van der Waals surface area contributed by atoms with E-state index in [0.717, 1.165) is 26.6 Å². The van der Waals surface area contributed by atoms with Gasteiger partial charge in [-0.25, -0.2) is 4.98 Å². The third-order valence-electron chi connectivity index (χ3n) is 4.22.